The van der Waals surface area contributed by atoms with Gasteiger partial charge in [-0.2, -0.15) is 4.98 Å². The van der Waals surface area contributed by atoms with Crippen LogP contribution < -0.4 is 11.1 Å². The van der Waals surface area contributed by atoms with Gasteiger partial charge in [0.15, 0.2) is 0 Å². The summed E-state index contributed by atoms with van der Waals surface area (Å²) in [7, 11) is 0. The summed E-state index contributed by atoms with van der Waals surface area (Å²) in [4.78, 5) is 38.6. The molecule has 0 aliphatic heterocycles. The van der Waals surface area contributed by atoms with Crippen LogP contribution in [0.25, 0.3) is 0 Å². The minimum absolute atomic E-state index is 0.190. The second-order valence-electron chi connectivity index (χ2n) is 13.5. The van der Waals surface area contributed by atoms with Gasteiger partial charge in [0.1, 0.15) is 22.2 Å². The van der Waals surface area contributed by atoms with E-state index >= 15 is 0 Å². The molecule has 10 nitrogen and oxygen atoms in total. The summed E-state index contributed by atoms with van der Waals surface area (Å²) in [6.07, 6.45) is 9.34. The molecule has 41 heavy (non-hydrogen) atoms. The van der Waals surface area contributed by atoms with Crippen LogP contribution >= 0.6 is 11.6 Å². The molecule has 0 unspecified atom stereocenters. The molecule has 0 atom stereocenters. The van der Waals surface area contributed by atoms with Gasteiger partial charge in [0, 0.05) is 37.8 Å². The van der Waals surface area contributed by atoms with Crippen molar-refractivity contribution in [3.05, 3.63) is 11.2 Å². The Labute approximate surface area is 251 Å². The normalized spacial score (nSPS) is 20.3. The van der Waals surface area contributed by atoms with Gasteiger partial charge < -0.3 is 30.3 Å². The first-order valence-corrected chi connectivity index (χ1v) is 15.6. The number of anilines is 2. The van der Waals surface area contributed by atoms with Crippen LogP contribution in [-0.2, 0) is 9.47 Å². The molecule has 0 saturated heterocycles. The molecule has 2 aliphatic carbocycles. The first-order chi connectivity index (χ1) is 19.2. The minimum Gasteiger partial charge on any atom is -0.444 e. The highest BCUT2D eigenvalue weighted by atomic mass is 35.5. The number of nitrogens with zero attached hydrogens (tertiary/aromatic N) is 4. The van der Waals surface area contributed by atoms with E-state index in [2.05, 4.69) is 15.3 Å². The second-order valence-corrected chi connectivity index (χ2v) is 13.9. The number of carbonyl (C=O) groups is 2. The van der Waals surface area contributed by atoms with Crippen LogP contribution in [0.1, 0.15) is 106 Å². The Kier molecular flexibility index (Phi) is 11.8. The maximum Gasteiger partial charge on any atom is 0.410 e. The van der Waals surface area contributed by atoms with Crippen LogP contribution in [0.3, 0.4) is 0 Å². The predicted octanol–water partition coefficient (Wildman–Crippen LogP) is 6.88. The number of nitrogen functional groups attached to an aromatic ring is 1. The largest absolute Gasteiger partial charge is 0.444 e. The third-order valence-electron chi connectivity index (χ3n) is 7.50. The number of hydrogen-bond donors (Lipinski definition) is 2. The van der Waals surface area contributed by atoms with Crippen molar-refractivity contribution in [1.82, 2.24) is 19.8 Å². The molecule has 3 N–H and O–H groups in total. The Morgan fingerprint density at radius 1 is 0.927 bits per heavy atom. The lowest BCUT2D eigenvalue weighted by molar-refractivity contribution is 0.00914. The van der Waals surface area contributed by atoms with Gasteiger partial charge in [-0.25, -0.2) is 14.6 Å². The monoisotopic (exact) mass is 594 g/mol. The highest BCUT2D eigenvalue weighted by molar-refractivity contribution is 6.29. The van der Waals surface area contributed by atoms with E-state index in [0.29, 0.717) is 48.9 Å². The smallest absolute Gasteiger partial charge is 0.410 e. The molecule has 2 saturated carbocycles. The van der Waals surface area contributed by atoms with E-state index in [4.69, 9.17) is 26.8 Å². The molecule has 2 aliphatic rings. The first kappa shape index (κ1) is 33.0. The lowest BCUT2D eigenvalue weighted by atomic mass is 9.85. The molecule has 1 heterocycles. The molecule has 0 radical (unpaired) electrons. The number of amides is 2. The zero-order valence-electron chi connectivity index (χ0n) is 25.9. The van der Waals surface area contributed by atoms with Crippen LogP contribution in [0.4, 0.5) is 21.4 Å². The Morgan fingerprint density at radius 2 is 1.54 bits per heavy atom. The molecule has 1 aromatic rings. The van der Waals surface area contributed by atoms with Crippen molar-refractivity contribution in [1.29, 1.82) is 0 Å². The van der Waals surface area contributed by atoms with E-state index in [9.17, 15) is 9.59 Å². The maximum absolute atomic E-state index is 13.2. The molecule has 3 rings (SSSR count). The van der Waals surface area contributed by atoms with Crippen molar-refractivity contribution in [2.45, 2.75) is 129 Å². The molecule has 0 spiro atoms. The number of halogens is 1. The summed E-state index contributed by atoms with van der Waals surface area (Å²) in [6.45, 7) is 13.1. The average molecular weight is 595 g/mol. The van der Waals surface area contributed by atoms with E-state index in [-0.39, 0.29) is 24.3 Å². The van der Waals surface area contributed by atoms with Crippen molar-refractivity contribution in [3.8, 4) is 0 Å². The van der Waals surface area contributed by atoms with E-state index < -0.39 is 11.2 Å². The van der Waals surface area contributed by atoms with E-state index in [1.54, 1.807) is 0 Å². The van der Waals surface area contributed by atoms with Crippen LogP contribution in [0.15, 0.2) is 6.07 Å². The van der Waals surface area contributed by atoms with Crippen molar-refractivity contribution in [2.24, 2.45) is 5.92 Å². The Balaban J connectivity index is 1.59. The number of rotatable bonds is 9. The molecule has 0 bridgehead atoms. The third kappa shape index (κ3) is 11.7. The number of ether oxygens (including phenoxy) is 2. The van der Waals surface area contributed by atoms with Gasteiger partial charge >= 0.3 is 12.2 Å². The van der Waals surface area contributed by atoms with Gasteiger partial charge in [-0.1, -0.05) is 30.9 Å². The van der Waals surface area contributed by atoms with Gasteiger partial charge in [0.05, 0.1) is 0 Å². The number of hydrogen-bond acceptors (Lipinski definition) is 8. The van der Waals surface area contributed by atoms with Crippen LogP contribution in [-0.4, -0.2) is 74.9 Å². The summed E-state index contributed by atoms with van der Waals surface area (Å²) in [5.41, 5.74) is 4.67. The van der Waals surface area contributed by atoms with Crippen molar-refractivity contribution in [2.75, 3.05) is 30.7 Å². The highest BCUT2D eigenvalue weighted by Gasteiger charge is 2.31. The van der Waals surface area contributed by atoms with Gasteiger partial charge in [-0.05, 0) is 92.4 Å². The summed E-state index contributed by atoms with van der Waals surface area (Å²) in [5.74, 6) is 1.13. The van der Waals surface area contributed by atoms with Crippen molar-refractivity contribution >= 4 is 35.6 Å². The fraction of sp³-hybridized carbons (Fsp3) is 0.800. The number of aromatic nitrogens is 2. The molecular formula is C30H51ClN6O4. The highest BCUT2D eigenvalue weighted by Crippen LogP contribution is 2.29. The minimum atomic E-state index is -0.583. The zero-order chi connectivity index (χ0) is 30.2. The lowest BCUT2D eigenvalue weighted by Gasteiger charge is -2.37. The Morgan fingerprint density at radius 3 is 2.12 bits per heavy atom. The topological polar surface area (TPSA) is 123 Å². The lowest BCUT2D eigenvalue weighted by Crippen LogP contribution is -2.46. The number of nitrogens with two attached hydrogens (primary N) is 1. The molecule has 2 fully saturated rings. The standard InChI is InChI=1S/C30H51ClN6O4/c1-29(2,3)40-27(38)36(17-10-18-37(23-11-8-7-9-12-23)28(39)41-30(4,5)6)20-21-13-15-22(16-14-21)33-26-34-24(31)19-25(32)35-26/h19,21-23H,7-18,20H2,1-6H3,(H3,32,33,34,35)/t21-,22-. The summed E-state index contributed by atoms with van der Waals surface area (Å²) in [5, 5.41) is 3.67. The number of nitrogens with one attached hydrogen (secondary N) is 1. The molecule has 232 valence electrons. The predicted molar refractivity (Wildman–Crippen MR) is 163 cm³/mol. The van der Waals surface area contributed by atoms with Crippen molar-refractivity contribution in [3.63, 3.8) is 0 Å². The second kappa shape index (κ2) is 14.6. The fourth-order valence-corrected chi connectivity index (χ4v) is 5.83. The number of carbonyl (C=O) groups excluding carboxylic acids is 2. The van der Waals surface area contributed by atoms with E-state index in [1.807, 2.05) is 51.3 Å². The average Bonchev–Trinajstić information content (AvgIpc) is 2.84. The maximum atomic E-state index is 13.2. The summed E-state index contributed by atoms with van der Waals surface area (Å²) in [6, 6.07) is 1.93. The van der Waals surface area contributed by atoms with Gasteiger partial charge in [0.25, 0.3) is 0 Å². The zero-order valence-corrected chi connectivity index (χ0v) is 26.6. The quantitative estimate of drug-likeness (QED) is 0.297. The summed E-state index contributed by atoms with van der Waals surface area (Å²) >= 11 is 6.03. The van der Waals surface area contributed by atoms with Crippen LogP contribution in [0.2, 0.25) is 5.15 Å². The SMILES string of the molecule is CC(C)(C)OC(=O)N(CCCN(C(=O)OC(C)(C)C)C1CCCCC1)C[C@H]1CC[C@H](Nc2nc(N)cc(Cl)n2)CC1. The molecule has 11 heteroatoms. The molecule has 0 aromatic carbocycles. The molecular weight excluding hydrogens is 544 g/mol. The van der Waals surface area contributed by atoms with Crippen LogP contribution in [0, 0.1) is 5.92 Å². The molecule has 1 aromatic heterocycles. The van der Waals surface area contributed by atoms with Gasteiger partial charge in [0.2, 0.25) is 5.95 Å². The van der Waals surface area contributed by atoms with E-state index in [0.717, 1.165) is 51.4 Å². The molecule has 2 amide bonds. The van der Waals surface area contributed by atoms with Crippen LogP contribution in [0.5, 0.6) is 0 Å². The Hall–Kier alpha value is -2.49. The van der Waals surface area contributed by atoms with E-state index in [1.165, 1.54) is 12.5 Å². The van der Waals surface area contributed by atoms with Gasteiger partial charge in [-0.15, -0.1) is 0 Å². The van der Waals surface area contributed by atoms with Gasteiger partial charge in [-0.3, -0.25) is 0 Å². The summed E-state index contributed by atoms with van der Waals surface area (Å²) < 4.78 is 11.5. The fourth-order valence-electron chi connectivity index (χ4n) is 5.63. The first-order valence-electron chi connectivity index (χ1n) is 15.2. The third-order valence-corrected chi connectivity index (χ3v) is 7.69. The Bertz CT molecular complexity index is 977. The van der Waals surface area contributed by atoms with Crippen molar-refractivity contribution < 1.29 is 19.1 Å².